The minimum absolute atomic E-state index is 0.00377. The fraction of sp³-hybridized carbons (Fsp3) is 0.609. The van der Waals surface area contributed by atoms with Crippen molar-refractivity contribution >= 4 is 12.0 Å². The van der Waals surface area contributed by atoms with E-state index in [9.17, 15) is 23.1 Å². The Kier molecular flexibility index (Phi) is 7.64. The molecular weight excluding hydrogens is 409 g/mol. The van der Waals surface area contributed by atoms with Gasteiger partial charge in [-0.15, -0.1) is 0 Å². The lowest BCUT2D eigenvalue weighted by Crippen LogP contribution is -2.54. The Morgan fingerprint density at radius 1 is 1.35 bits per heavy atom. The second kappa shape index (κ2) is 10.0. The Morgan fingerprint density at radius 2 is 2.10 bits per heavy atom. The van der Waals surface area contributed by atoms with Gasteiger partial charge < -0.3 is 15.2 Å². The van der Waals surface area contributed by atoms with Gasteiger partial charge in [-0.1, -0.05) is 24.6 Å². The zero-order valence-corrected chi connectivity index (χ0v) is 18.0. The Bertz CT molecular complexity index is 802. The highest BCUT2D eigenvalue weighted by Gasteiger charge is 2.33. The number of nitrogens with one attached hydrogen (secondary N) is 1. The maximum atomic E-state index is 12.2. The number of carbonyl (C=O) groups is 1. The maximum Gasteiger partial charge on any atom is 0.389 e. The lowest BCUT2D eigenvalue weighted by atomic mass is 9.83. The molecule has 0 unspecified atom stereocenters. The maximum absolute atomic E-state index is 12.2. The van der Waals surface area contributed by atoms with E-state index >= 15 is 0 Å². The lowest BCUT2D eigenvalue weighted by molar-refractivity contribution is -0.136. The van der Waals surface area contributed by atoms with Crippen molar-refractivity contribution in [3.8, 4) is 5.75 Å². The van der Waals surface area contributed by atoms with Crippen molar-refractivity contribution in [2.75, 3.05) is 32.8 Å². The van der Waals surface area contributed by atoms with Crippen LogP contribution in [0.15, 0.2) is 23.8 Å². The molecule has 1 fully saturated rings. The average molecular weight is 441 g/mol. The second-order valence-corrected chi connectivity index (χ2v) is 8.74. The van der Waals surface area contributed by atoms with E-state index in [0.29, 0.717) is 24.8 Å². The number of alkyl halides is 3. The smallest absolute Gasteiger partial charge is 0.389 e. The standard InChI is InChI=1S/C23H31F3N2O3/c1-15-8-18-10-21(31-7-3-6-23(24,25)26)5-4-17(18)9-19(15)12-28-13-20(14-28)22(30)27-11-16(2)29/h4-5,9-10,15-16,20,29H,3,6-8,11-14H2,1-2H3,(H,27,30)/t15-,16+/m0/s1. The number of nitrogens with zero attached hydrogens (tertiary/aromatic N) is 1. The molecule has 0 spiro atoms. The summed E-state index contributed by atoms with van der Waals surface area (Å²) in [6.07, 6.45) is -2.53. The predicted octanol–water partition coefficient (Wildman–Crippen LogP) is 3.41. The van der Waals surface area contributed by atoms with Gasteiger partial charge in [-0.2, -0.15) is 13.2 Å². The molecule has 3 rings (SSSR count). The third-order valence-electron chi connectivity index (χ3n) is 5.79. The SMILES string of the molecule is C[C@@H](O)CNC(=O)C1CN(CC2=Cc3ccc(OCCCC(F)(F)F)cc3C[C@@H]2C)C1. The summed E-state index contributed by atoms with van der Waals surface area (Å²) in [4.78, 5) is 14.3. The Labute approximate surface area is 181 Å². The van der Waals surface area contributed by atoms with E-state index in [2.05, 4.69) is 23.2 Å². The van der Waals surface area contributed by atoms with E-state index in [1.807, 2.05) is 18.2 Å². The van der Waals surface area contributed by atoms with Gasteiger partial charge in [-0.25, -0.2) is 0 Å². The number of carbonyl (C=O) groups excluding carboxylic acids is 1. The third kappa shape index (κ3) is 6.97. The summed E-state index contributed by atoms with van der Waals surface area (Å²) in [7, 11) is 0. The van der Waals surface area contributed by atoms with Crippen molar-refractivity contribution in [1.82, 2.24) is 10.2 Å². The van der Waals surface area contributed by atoms with Crippen molar-refractivity contribution in [2.24, 2.45) is 11.8 Å². The zero-order chi connectivity index (χ0) is 22.6. The van der Waals surface area contributed by atoms with Crippen molar-refractivity contribution < 1.29 is 27.8 Å². The van der Waals surface area contributed by atoms with Gasteiger partial charge in [0.1, 0.15) is 5.75 Å². The van der Waals surface area contributed by atoms with Gasteiger partial charge in [0, 0.05) is 32.6 Å². The molecule has 5 nitrogen and oxygen atoms in total. The van der Waals surface area contributed by atoms with Gasteiger partial charge in [0.15, 0.2) is 0 Å². The summed E-state index contributed by atoms with van der Waals surface area (Å²) in [6, 6.07) is 5.70. The van der Waals surface area contributed by atoms with Crippen LogP contribution in [0.5, 0.6) is 5.75 Å². The first-order valence-corrected chi connectivity index (χ1v) is 10.8. The number of hydrogen-bond donors (Lipinski definition) is 2. The fourth-order valence-electron chi connectivity index (χ4n) is 3.97. The molecule has 1 aromatic rings. The summed E-state index contributed by atoms with van der Waals surface area (Å²) < 4.78 is 42.2. The minimum Gasteiger partial charge on any atom is -0.494 e. The number of ether oxygens (including phenoxy) is 1. The first-order valence-electron chi connectivity index (χ1n) is 10.8. The fourth-order valence-corrected chi connectivity index (χ4v) is 3.97. The highest BCUT2D eigenvalue weighted by Crippen LogP contribution is 2.32. The minimum atomic E-state index is -4.14. The first-order chi connectivity index (χ1) is 14.6. The van der Waals surface area contributed by atoms with Crippen LogP contribution < -0.4 is 10.1 Å². The van der Waals surface area contributed by atoms with Crippen LogP contribution >= 0.6 is 0 Å². The van der Waals surface area contributed by atoms with Gasteiger partial charge in [-0.3, -0.25) is 9.69 Å². The van der Waals surface area contributed by atoms with Crippen molar-refractivity contribution in [3.63, 3.8) is 0 Å². The van der Waals surface area contributed by atoms with Crippen LogP contribution in [-0.4, -0.2) is 61.0 Å². The van der Waals surface area contributed by atoms with E-state index in [0.717, 1.165) is 24.1 Å². The largest absolute Gasteiger partial charge is 0.494 e. The molecule has 0 radical (unpaired) electrons. The van der Waals surface area contributed by atoms with Gasteiger partial charge >= 0.3 is 6.18 Å². The van der Waals surface area contributed by atoms with E-state index in [-0.39, 0.29) is 31.4 Å². The van der Waals surface area contributed by atoms with Crippen molar-refractivity contribution in [3.05, 3.63) is 34.9 Å². The summed E-state index contributed by atoms with van der Waals surface area (Å²) in [5.41, 5.74) is 3.57. The van der Waals surface area contributed by atoms with Crippen LogP contribution in [0.3, 0.4) is 0 Å². The Balaban J connectivity index is 1.49. The van der Waals surface area contributed by atoms with Crippen LogP contribution in [0.1, 0.15) is 37.8 Å². The van der Waals surface area contributed by atoms with Crippen LogP contribution in [0.4, 0.5) is 13.2 Å². The van der Waals surface area contributed by atoms with E-state index < -0.39 is 18.7 Å². The number of amides is 1. The van der Waals surface area contributed by atoms with Crippen LogP contribution in [-0.2, 0) is 11.2 Å². The average Bonchev–Trinajstić information content (AvgIpc) is 2.65. The summed E-state index contributed by atoms with van der Waals surface area (Å²) >= 11 is 0. The molecule has 1 aliphatic heterocycles. The molecular formula is C23H31F3N2O3. The molecule has 2 atom stereocenters. The molecule has 1 aliphatic carbocycles. The van der Waals surface area contributed by atoms with Gasteiger partial charge in [0.25, 0.3) is 0 Å². The molecule has 0 aromatic heterocycles. The number of benzene rings is 1. The number of aliphatic hydroxyl groups excluding tert-OH is 1. The summed E-state index contributed by atoms with van der Waals surface area (Å²) in [5.74, 6) is 0.924. The van der Waals surface area contributed by atoms with Crippen molar-refractivity contribution in [2.45, 2.75) is 45.4 Å². The number of halogens is 3. The molecule has 0 bridgehead atoms. The van der Waals surface area contributed by atoms with Gasteiger partial charge in [-0.05, 0) is 48.9 Å². The number of aliphatic hydroxyl groups is 1. The molecule has 1 aromatic carbocycles. The molecule has 2 aliphatic rings. The monoisotopic (exact) mass is 440 g/mol. The highest BCUT2D eigenvalue weighted by molar-refractivity contribution is 5.80. The van der Waals surface area contributed by atoms with E-state index in [1.165, 1.54) is 5.57 Å². The second-order valence-electron chi connectivity index (χ2n) is 8.74. The highest BCUT2D eigenvalue weighted by atomic mass is 19.4. The molecule has 172 valence electrons. The third-order valence-corrected chi connectivity index (χ3v) is 5.79. The Hall–Kier alpha value is -2.06. The molecule has 1 saturated heterocycles. The quantitative estimate of drug-likeness (QED) is 0.578. The van der Waals surface area contributed by atoms with Gasteiger partial charge in [0.2, 0.25) is 5.91 Å². The van der Waals surface area contributed by atoms with Crippen molar-refractivity contribution in [1.29, 1.82) is 0 Å². The first kappa shape index (κ1) is 23.6. The summed E-state index contributed by atoms with van der Waals surface area (Å²) in [5, 5.41) is 12.0. The predicted molar refractivity (Wildman–Crippen MR) is 113 cm³/mol. The van der Waals surface area contributed by atoms with E-state index in [1.54, 1.807) is 6.92 Å². The normalized spacial score (nSPS) is 20.5. The number of hydrogen-bond acceptors (Lipinski definition) is 4. The van der Waals surface area contributed by atoms with Crippen LogP contribution in [0.25, 0.3) is 6.08 Å². The van der Waals surface area contributed by atoms with Gasteiger partial charge in [0.05, 0.1) is 18.6 Å². The van der Waals surface area contributed by atoms with Crippen LogP contribution in [0, 0.1) is 11.8 Å². The van der Waals surface area contributed by atoms with Crippen LogP contribution in [0.2, 0.25) is 0 Å². The molecule has 2 N–H and O–H groups in total. The Morgan fingerprint density at radius 3 is 2.77 bits per heavy atom. The topological polar surface area (TPSA) is 61.8 Å². The molecule has 1 amide bonds. The zero-order valence-electron chi connectivity index (χ0n) is 18.0. The molecule has 1 heterocycles. The molecule has 31 heavy (non-hydrogen) atoms. The van der Waals surface area contributed by atoms with E-state index in [4.69, 9.17) is 4.74 Å². The number of fused-ring (bicyclic) bond motifs is 1. The lowest BCUT2D eigenvalue weighted by Gasteiger charge is -2.40. The molecule has 8 heteroatoms. The summed E-state index contributed by atoms with van der Waals surface area (Å²) in [6.45, 7) is 6.39. The molecule has 0 saturated carbocycles. The number of likely N-dealkylation sites (tertiary alicyclic amines) is 1. The number of rotatable bonds is 9.